The Hall–Kier alpha value is -3.35. The van der Waals surface area contributed by atoms with Crippen molar-refractivity contribution in [2.75, 3.05) is 11.9 Å². The van der Waals surface area contributed by atoms with Crippen molar-refractivity contribution in [1.29, 1.82) is 0 Å². The van der Waals surface area contributed by atoms with Gasteiger partial charge in [-0.2, -0.15) is 0 Å². The Balaban J connectivity index is 1.84. The number of benzene rings is 2. The minimum atomic E-state index is -0.918. The molecule has 2 rings (SSSR count). The van der Waals surface area contributed by atoms with E-state index in [4.69, 9.17) is 5.11 Å². The first-order valence-electron chi connectivity index (χ1n) is 9.65. The average Bonchev–Trinajstić information content (AvgIpc) is 2.71. The molecule has 0 aliphatic heterocycles. The highest BCUT2D eigenvalue weighted by molar-refractivity contribution is 5.94. The summed E-state index contributed by atoms with van der Waals surface area (Å²) in [5, 5.41) is 17.0. The number of aryl methyl sites for hydroxylation is 1. The Morgan fingerprint density at radius 1 is 1.00 bits per heavy atom. The first-order chi connectivity index (χ1) is 14.0. The lowest BCUT2D eigenvalue weighted by Crippen LogP contribution is -2.45. The number of aliphatic carboxylic acids is 1. The Morgan fingerprint density at radius 2 is 1.72 bits per heavy atom. The summed E-state index contributed by atoms with van der Waals surface area (Å²) in [6.45, 7) is 1.85. The number of anilines is 1. The van der Waals surface area contributed by atoms with Crippen LogP contribution in [-0.2, 0) is 22.4 Å². The van der Waals surface area contributed by atoms with Crippen LogP contribution >= 0.6 is 0 Å². The van der Waals surface area contributed by atoms with Gasteiger partial charge in [0.25, 0.3) is 0 Å². The summed E-state index contributed by atoms with van der Waals surface area (Å²) in [6.07, 6.45) is 1.63. The number of carboxylic acids is 1. The minimum absolute atomic E-state index is 0.0496. The van der Waals surface area contributed by atoms with Crippen LogP contribution in [0.2, 0.25) is 0 Å². The number of carboxylic acid groups (broad SMARTS) is 1. The zero-order valence-electron chi connectivity index (χ0n) is 16.5. The fourth-order valence-corrected chi connectivity index (χ4v) is 2.89. The molecule has 4 N–H and O–H groups in total. The minimum Gasteiger partial charge on any atom is -0.481 e. The van der Waals surface area contributed by atoms with Gasteiger partial charge in [0.15, 0.2) is 0 Å². The maximum absolute atomic E-state index is 12.2. The summed E-state index contributed by atoms with van der Waals surface area (Å²) in [5.74, 6) is -1.25. The molecule has 1 atom stereocenters. The predicted octanol–water partition coefficient (Wildman–Crippen LogP) is 2.96. The molecule has 0 radical (unpaired) electrons. The van der Waals surface area contributed by atoms with Crippen molar-refractivity contribution in [2.45, 2.75) is 38.6 Å². The molecular formula is C22H27N3O4. The van der Waals surface area contributed by atoms with Crippen LogP contribution in [0.15, 0.2) is 54.6 Å². The van der Waals surface area contributed by atoms with Gasteiger partial charge >= 0.3 is 12.0 Å². The third-order valence-electron chi connectivity index (χ3n) is 4.40. The molecule has 7 heteroatoms. The molecule has 29 heavy (non-hydrogen) atoms. The number of hydrogen-bond acceptors (Lipinski definition) is 3. The van der Waals surface area contributed by atoms with Gasteiger partial charge in [-0.05, 0) is 42.5 Å². The Kier molecular flexibility index (Phi) is 8.69. The van der Waals surface area contributed by atoms with Crippen molar-refractivity contribution in [3.63, 3.8) is 0 Å². The fourth-order valence-electron chi connectivity index (χ4n) is 2.89. The van der Waals surface area contributed by atoms with Crippen molar-refractivity contribution in [3.05, 3.63) is 65.7 Å². The molecule has 0 aromatic heterocycles. The van der Waals surface area contributed by atoms with Crippen molar-refractivity contribution in [1.82, 2.24) is 10.6 Å². The molecule has 0 aliphatic rings. The van der Waals surface area contributed by atoms with Crippen LogP contribution in [0.5, 0.6) is 0 Å². The molecule has 1 unspecified atom stereocenters. The Morgan fingerprint density at radius 3 is 2.41 bits per heavy atom. The lowest BCUT2D eigenvalue weighted by atomic mass is 10.0. The van der Waals surface area contributed by atoms with E-state index in [-0.39, 0.29) is 24.9 Å². The van der Waals surface area contributed by atoms with E-state index < -0.39 is 12.0 Å². The van der Waals surface area contributed by atoms with Gasteiger partial charge < -0.3 is 21.1 Å². The quantitative estimate of drug-likeness (QED) is 0.494. The molecule has 2 aromatic carbocycles. The monoisotopic (exact) mass is 397 g/mol. The number of carbonyl (C=O) groups excluding carboxylic acids is 2. The molecule has 2 aromatic rings. The van der Waals surface area contributed by atoms with Gasteiger partial charge in [-0.25, -0.2) is 4.79 Å². The van der Waals surface area contributed by atoms with Crippen LogP contribution in [0.3, 0.4) is 0 Å². The fraction of sp³-hybridized carbons (Fsp3) is 0.318. The number of amides is 3. The van der Waals surface area contributed by atoms with E-state index in [0.717, 1.165) is 17.5 Å². The Labute approximate surface area is 170 Å². The van der Waals surface area contributed by atoms with Crippen LogP contribution in [0.4, 0.5) is 10.5 Å². The van der Waals surface area contributed by atoms with Gasteiger partial charge in [0.1, 0.15) is 0 Å². The summed E-state index contributed by atoms with van der Waals surface area (Å²) < 4.78 is 0. The van der Waals surface area contributed by atoms with Gasteiger partial charge in [0.2, 0.25) is 5.91 Å². The van der Waals surface area contributed by atoms with E-state index in [0.29, 0.717) is 18.5 Å². The zero-order valence-corrected chi connectivity index (χ0v) is 16.5. The van der Waals surface area contributed by atoms with E-state index in [1.807, 2.05) is 55.5 Å². The van der Waals surface area contributed by atoms with E-state index in [1.54, 1.807) is 6.07 Å². The highest BCUT2D eigenvalue weighted by atomic mass is 16.4. The molecule has 0 spiro atoms. The summed E-state index contributed by atoms with van der Waals surface area (Å²) >= 11 is 0. The SMILES string of the molecule is CCc1cccc(NC(=O)CNC(=O)NC(CCC(=O)O)Cc2ccccc2)c1. The number of carbonyl (C=O) groups is 3. The molecule has 0 aliphatic carbocycles. The third-order valence-corrected chi connectivity index (χ3v) is 4.40. The van der Waals surface area contributed by atoms with Crippen molar-refractivity contribution < 1.29 is 19.5 Å². The summed E-state index contributed by atoms with van der Waals surface area (Å²) in [4.78, 5) is 35.2. The van der Waals surface area contributed by atoms with Gasteiger partial charge in [0.05, 0.1) is 6.54 Å². The second-order valence-corrected chi connectivity index (χ2v) is 6.75. The van der Waals surface area contributed by atoms with Crippen LogP contribution in [0.25, 0.3) is 0 Å². The zero-order chi connectivity index (χ0) is 21.1. The van der Waals surface area contributed by atoms with Crippen LogP contribution < -0.4 is 16.0 Å². The smallest absolute Gasteiger partial charge is 0.315 e. The van der Waals surface area contributed by atoms with E-state index >= 15 is 0 Å². The number of hydrogen-bond donors (Lipinski definition) is 4. The van der Waals surface area contributed by atoms with Crippen molar-refractivity contribution in [3.8, 4) is 0 Å². The van der Waals surface area contributed by atoms with Crippen LogP contribution in [-0.4, -0.2) is 35.6 Å². The normalized spacial score (nSPS) is 11.3. The standard InChI is InChI=1S/C22H27N3O4/c1-2-16-9-6-10-18(13-16)24-20(26)15-23-22(29)25-19(11-12-21(27)28)14-17-7-4-3-5-8-17/h3-10,13,19H,2,11-12,14-15H2,1H3,(H,24,26)(H,27,28)(H2,23,25,29). The number of urea groups is 1. The molecule has 0 bridgehead atoms. The summed E-state index contributed by atoms with van der Waals surface area (Å²) in [5.41, 5.74) is 2.78. The molecule has 0 heterocycles. The topological polar surface area (TPSA) is 108 Å². The predicted molar refractivity (Wildman–Crippen MR) is 112 cm³/mol. The first kappa shape index (κ1) is 21.9. The highest BCUT2D eigenvalue weighted by Crippen LogP contribution is 2.11. The van der Waals surface area contributed by atoms with Crippen molar-refractivity contribution >= 4 is 23.6 Å². The summed E-state index contributed by atoms with van der Waals surface area (Å²) in [7, 11) is 0. The van der Waals surface area contributed by atoms with E-state index in [9.17, 15) is 14.4 Å². The van der Waals surface area contributed by atoms with E-state index in [1.165, 1.54) is 0 Å². The third kappa shape index (κ3) is 8.47. The van der Waals surface area contributed by atoms with Gasteiger partial charge in [-0.3, -0.25) is 9.59 Å². The molecule has 0 saturated carbocycles. The second kappa shape index (κ2) is 11.5. The molecule has 3 amide bonds. The maximum atomic E-state index is 12.2. The summed E-state index contributed by atoms with van der Waals surface area (Å²) in [6, 6.07) is 16.2. The van der Waals surface area contributed by atoms with Crippen molar-refractivity contribution in [2.24, 2.45) is 0 Å². The molecule has 154 valence electrons. The van der Waals surface area contributed by atoms with Crippen LogP contribution in [0.1, 0.15) is 30.9 Å². The Bertz CT molecular complexity index is 824. The maximum Gasteiger partial charge on any atom is 0.315 e. The van der Waals surface area contributed by atoms with Gasteiger partial charge in [-0.15, -0.1) is 0 Å². The lowest BCUT2D eigenvalue weighted by molar-refractivity contribution is -0.137. The first-order valence-corrected chi connectivity index (χ1v) is 9.65. The lowest BCUT2D eigenvalue weighted by Gasteiger charge is -2.18. The molecule has 7 nitrogen and oxygen atoms in total. The van der Waals surface area contributed by atoms with E-state index in [2.05, 4.69) is 16.0 Å². The largest absolute Gasteiger partial charge is 0.481 e. The van der Waals surface area contributed by atoms with Crippen LogP contribution in [0, 0.1) is 0 Å². The number of rotatable bonds is 10. The second-order valence-electron chi connectivity index (χ2n) is 6.75. The molecule has 0 saturated heterocycles. The van der Waals surface area contributed by atoms with Gasteiger partial charge in [-0.1, -0.05) is 49.4 Å². The number of nitrogens with one attached hydrogen (secondary N) is 3. The average molecular weight is 397 g/mol. The molecule has 0 fully saturated rings. The highest BCUT2D eigenvalue weighted by Gasteiger charge is 2.15. The van der Waals surface area contributed by atoms with Gasteiger partial charge in [0, 0.05) is 18.2 Å². The molecular weight excluding hydrogens is 370 g/mol.